The third kappa shape index (κ3) is 4.20. The van der Waals surface area contributed by atoms with Crippen LogP contribution in [0.25, 0.3) is 10.9 Å². The van der Waals surface area contributed by atoms with E-state index in [2.05, 4.69) is 68.8 Å². The molecule has 7 nitrogen and oxygen atoms in total. The van der Waals surface area contributed by atoms with E-state index in [1.807, 2.05) is 13.1 Å². The molecule has 6 N–H and O–H groups in total. The van der Waals surface area contributed by atoms with Crippen molar-refractivity contribution in [2.45, 2.75) is 19.9 Å². The summed E-state index contributed by atoms with van der Waals surface area (Å²) in [5, 5.41) is 7.63. The fourth-order valence-electron chi connectivity index (χ4n) is 2.62. The van der Waals surface area contributed by atoms with E-state index in [1.165, 1.54) is 5.39 Å². The second kappa shape index (κ2) is 7.71. The van der Waals surface area contributed by atoms with Crippen molar-refractivity contribution in [3.05, 3.63) is 72.3 Å². The van der Waals surface area contributed by atoms with Crippen LogP contribution in [0, 0.1) is 0 Å². The number of benzene rings is 1. The molecule has 3 rings (SSSR count). The number of hydrogen-bond donors (Lipinski definition) is 5. The van der Waals surface area contributed by atoms with Gasteiger partial charge < -0.3 is 21.0 Å². The monoisotopic (exact) mass is 349 g/mol. The minimum atomic E-state index is 0.0660. The predicted octanol–water partition coefficient (Wildman–Crippen LogP) is 3.42. The summed E-state index contributed by atoms with van der Waals surface area (Å²) in [6, 6.07) is 10.2. The Balaban J connectivity index is 1.70. The molecule has 3 aromatic rings. The zero-order valence-corrected chi connectivity index (χ0v) is 14.9. The van der Waals surface area contributed by atoms with Gasteiger partial charge in [0.15, 0.2) is 0 Å². The van der Waals surface area contributed by atoms with Gasteiger partial charge in [0.2, 0.25) is 5.95 Å². The summed E-state index contributed by atoms with van der Waals surface area (Å²) in [6.07, 6.45) is 5.43. The molecule has 0 unspecified atom stereocenters. The van der Waals surface area contributed by atoms with Crippen LogP contribution < -0.4 is 21.9 Å². The van der Waals surface area contributed by atoms with E-state index in [0.717, 1.165) is 16.8 Å². The Kier molecular flexibility index (Phi) is 5.19. The molecule has 0 aliphatic carbocycles. The molecule has 0 amide bonds. The number of hydrazine groups is 1. The number of nitrogens with zero attached hydrogens (tertiary/aromatic N) is 2. The Morgan fingerprint density at radius 3 is 2.96 bits per heavy atom. The van der Waals surface area contributed by atoms with E-state index in [1.54, 1.807) is 18.3 Å². The second-order valence-corrected chi connectivity index (χ2v) is 6.08. The zero-order valence-electron chi connectivity index (χ0n) is 14.9. The Labute approximate surface area is 152 Å². The van der Waals surface area contributed by atoms with Crippen molar-refractivity contribution < 1.29 is 0 Å². The number of aromatic nitrogens is 3. The highest BCUT2D eigenvalue weighted by Gasteiger charge is 2.09. The smallest absolute Gasteiger partial charge is 0.225 e. The third-order valence-corrected chi connectivity index (χ3v) is 3.99. The topological polar surface area (TPSA) is 104 Å². The maximum atomic E-state index is 5.35. The summed E-state index contributed by atoms with van der Waals surface area (Å²) in [5.74, 6) is 6.55. The van der Waals surface area contributed by atoms with E-state index in [9.17, 15) is 0 Å². The molecule has 0 saturated carbocycles. The number of nitrogens with two attached hydrogens (primary N) is 1. The number of hydrogen-bond acceptors (Lipinski definition) is 6. The lowest BCUT2D eigenvalue weighted by Gasteiger charge is -2.15. The first-order valence-electron chi connectivity index (χ1n) is 8.32. The number of nitrogens with one attached hydrogen (secondary N) is 4. The van der Waals surface area contributed by atoms with Gasteiger partial charge in [0.1, 0.15) is 5.82 Å². The van der Waals surface area contributed by atoms with Crippen LogP contribution in [0.3, 0.4) is 0 Å². The molecule has 2 aromatic heterocycles. The molecule has 26 heavy (non-hydrogen) atoms. The zero-order chi connectivity index (χ0) is 18.5. The molecule has 0 radical (unpaired) electrons. The van der Waals surface area contributed by atoms with Crippen LogP contribution in [0.2, 0.25) is 0 Å². The number of rotatable bonds is 7. The first-order valence-corrected chi connectivity index (χ1v) is 8.32. The summed E-state index contributed by atoms with van der Waals surface area (Å²) in [6.45, 7) is 7.86. The highest BCUT2D eigenvalue weighted by atomic mass is 15.2. The molecule has 1 atom stereocenters. The maximum Gasteiger partial charge on any atom is 0.225 e. The van der Waals surface area contributed by atoms with Gasteiger partial charge in [0.25, 0.3) is 0 Å². The molecule has 0 bridgehead atoms. The minimum absolute atomic E-state index is 0.0660. The molecule has 0 aliphatic heterocycles. The van der Waals surface area contributed by atoms with Crippen molar-refractivity contribution in [2.75, 3.05) is 10.6 Å². The van der Waals surface area contributed by atoms with Crippen LogP contribution in [-0.4, -0.2) is 15.0 Å². The van der Waals surface area contributed by atoms with Crippen LogP contribution in [0.5, 0.6) is 0 Å². The maximum absolute atomic E-state index is 5.35. The average molecular weight is 349 g/mol. The van der Waals surface area contributed by atoms with Gasteiger partial charge in [-0.25, -0.2) is 4.98 Å². The molecule has 0 fully saturated rings. The van der Waals surface area contributed by atoms with Crippen LogP contribution in [0.4, 0.5) is 11.8 Å². The van der Waals surface area contributed by atoms with Crippen molar-refractivity contribution in [3.63, 3.8) is 0 Å². The fourth-order valence-corrected chi connectivity index (χ4v) is 2.62. The van der Waals surface area contributed by atoms with Gasteiger partial charge in [-0.3, -0.25) is 5.84 Å². The number of aromatic amines is 1. The Morgan fingerprint density at radius 1 is 1.31 bits per heavy atom. The normalized spacial score (nSPS) is 12.7. The highest BCUT2D eigenvalue weighted by molar-refractivity contribution is 5.80. The first kappa shape index (κ1) is 17.5. The van der Waals surface area contributed by atoms with Gasteiger partial charge in [-0.05, 0) is 55.1 Å². The molecular weight excluding hydrogens is 326 g/mol. The summed E-state index contributed by atoms with van der Waals surface area (Å²) in [4.78, 5) is 12.0. The summed E-state index contributed by atoms with van der Waals surface area (Å²) in [7, 11) is 0. The standard InChI is InChI=1S/C19H23N7/c1-12(10-13(2)26-20)23-18-7-9-22-19(25-18)24-14(3)15-4-5-17-16(11-15)6-8-21-17/h4-11,14,21,26H,1,20H2,2-3H3,(H2,22,23,24,25)/b13-10-/t14-/m0/s1. The van der Waals surface area contributed by atoms with E-state index >= 15 is 0 Å². The second-order valence-electron chi connectivity index (χ2n) is 6.08. The number of fused-ring (bicyclic) bond motifs is 1. The summed E-state index contributed by atoms with van der Waals surface area (Å²) < 4.78 is 0. The van der Waals surface area contributed by atoms with Gasteiger partial charge in [-0.2, -0.15) is 4.98 Å². The number of allylic oxidation sites excluding steroid dienone is 2. The van der Waals surface area contributed by atoms with E-state index in [-0.39, 0.29) is 6.04 Å². The van der Waals surface area contributed by atoms with Gasteiger partial charge in [0.05, 0.1) is 6.04 Å². The number of H-pyrrole nitrogens is 1. The SMILES string of the molecule is C=C(/C=C(/C)NN)Nc1ccnc(N[C@@H](C)c2ccc3[nH]ccc3c2)n1. The minimum Gasteiger partial charge on any atom is -0.361 e. The molecule has 0 aliphatic rings. The largest absolute Gasteiger partial charge is 0.361 e. The van der Waals surface area contributed by atoms with Crippen LogP contribution in [-0.2, 0) is 0 Å². The van der Waals surface area contributed by atoms with Crippen LogP contribution >= 0.6 is 0 Å². The number of anilines is 2. The lowest BCUT2D eigenvalue weighted by atomic mass is 10.1. The predicted molar refractivity (Wildman–Crippen MR) is 106 cm³/mol. The summed E-state index contributed by atoms with van der Waals surface area (Å²) >= 11 is 0. The Hall–Kier alpha value is -3.32. The van der Waals surface area contributed by atoms with E-state index in [0.29, 0.717) is 17.5 Å². The van der Waals surface area contributed by atoms with Crippen molar-refractivity contribution >= 4 is 22.7 Å². The van der Waals surface area contributed by atoms with Crippen LogP contribution in [0.15, 0.2) is 66.8 Å². The van der Waals surface area contributed by atoms with Crippen molar-refractivity contribution in [1.29, 1.82) is 0 Å². The van der Waals surface area contributed by atoms with Crippen LogP contribution in [0.1, 0.15) is 25.5 Å². The highest BCUT2D eigenvalue weighted by Crippen LogP contribution is 2.22. The molecule has 0 spiro atoms. The Bertz CT molecular complexity index is 942. The lowest BCUT2D eigenvalue weighted by molar-refractivity contribution is 0.862. The molecule has 1 aromatic carbocycles. The molecule has 7 heteroatoms. The quantitative estimate of drug-likeness (QED) is 0.254. The summed E-state index contributed by atoms with van der Waals surface area (Å²) in [5.41, 5.74) is 6.32. The molecular formula is C19H23N7. The first-order chi connectivity index (χ1) is 12.5. The lowest BCUT2D eigenvalue weighted by Crippen LogP contribution is -2.19. The van der Waals surface area contributed by atoms with Gasteiger partial charge in [0, 0.05) is 29.3 Å². The third-order valence-electron chi connectivity index (χ3n) is 3.99. The van der Waals surface area contributed by atoms with E-state index in [4.69, 9.17) is 5.84 Å². The van der Waals surface area contributed by atoms with Gasteiger partial charge in [-0.15, -0.1) is 0 Å². The van der Waals surface area contributed by atoms with E-state index < -0.39 is 0 Å². The molecule has 134 valence electrons. The molecule has 0 saturated heterocycles. The van der Waals surface area contributed by atoms with Gasteiger partial charge in [-0.1, -0.05) is 12.6 Å². The van der Waals surface area contributed by atoms with Crippen molar-refractivity contribution in [1.82, 2.24) is 20.4 Å². The van der Waals surface area contributed by atoms with Crippen molar-refractivity contribution in [2.24, 2.45) is 5.84 Å². The fraction of sp³-hybridized carbons (Fsp3) is 0.158. The average Bonchev–Trinajstić information content (AvgIpc) is 3.09. The Morgan fingerprint density at radius 2 is 2.15 bits per heavy atom. The van der Waals surface area contributed by atoms with Gasteiger partial charge >= 0.3 is 0 Å². The molecule has 2 heterocycles. The van der Waals surface area contributed by atoms with Crippen molar-refractivity contribution in [3.8, 4) is 0 Å².